The van der Waals surface area contributed by atoms with Gasteiger partial charge in [0.2, 0.25) is 5.91 Å². The number of Topliss-reactive ketones (excluding diaryl/α,β-unsaturated/α-hetero) is 1. The van der Waals surface area contributed by atoms with E-state index in [0.29, 0.717) is 18.5 Å². The van der Waals surface area contributed by atoms with Gasteiger partial charge in [-0.1, -0.05) is 18.2 Å². The summed E-state index contributed by atoms with van der Waals surface area (Å²) in [5.74, 6) is -0.648. The molecule has 1 aromatic heterocycles. The lowest BCUT2D eigenvalue weighted by Crippen LogP contribution is -2.25. The van der Waals surface area contributed by atoms with Crippen LogP contribution in [0, 0.1) is 5.92 Å². The van der Waals surface area contributed by atoms with Gasteiger partial charge in [-0.25, -0.2) is 0 Å². The summed E-state index contributed by atoms with van der Waals surface area (Å²) >= 11 is 0. The molecule has 1 heterocycles. The van der Waals surface area contributed by atoms with Gasteiger partial charge in [0.1, 0.15) is 5.78 Å². The average molecular weight is 254 g/mol. The number of amides is 1. The van der Waals surface area contributed by atoms with E-state index in [1.165, 1.54) is 0 Å². The molecule has 1 fully saturated rings. The smallest absolute Gasteiger partial charge is 0.235 e. The second-order valence-corrected chi connectivity index (χ2v) is 4.78. The number of rotatable bonds is 2. The zero-order chi connectivity index (χ0) is 13.2. The van der Waals surface area contributed by atoms with Gasteiger partial charge in [0.15, 0.2) is 0 Å². The first-order valence-electron chi connectivity index (χ1n) is 6.43. The van der Waals surface area contributed by atoms with E-state index in [2.05, 4.69) is 10.3 Å². The number of nitrogens with zero attached hydrogens (tertiary/aromatic N) is 1. The molecule has 0 aliphatic heterocycles. The number of pyridine rings is 1. The highest BCUT2D eigenvalue weighted by atomic mass is 16.2. The Labute approximate surface area is 110 Å². The van der Waals surface area contributed by atoms with Crippen LogP contribution in [0.5, 0.6) is 0 Å². The second-order valence-electron chi connectivity index (χ2n) is 4.78. The zero-order valence-electron chi connectivity index (χ0n) is 10.4. The quantitative estimate of drug-likeness (QED) is 0.838. The van der Waals surface area contributed by atoms with Gasteiger partial charge in [-0.15, -0.1) is 0 Å². The van der Waals surface area contributed by atoms with Crippen LogP contribution in [0.3, 0.4) is 0 Å². The van der Waals surface area contributed by atoms with Crippen LogP contribution < -0.4 is 5.32 Å². The lowest BCUT2D eigenvalue weighted by Gasteiger charge is -2.11. The summed E-state index contributed by atoms with van der Waals surface area (Å²) in [5, 5.41) is 3.81. The monoisotopic (exact) mass is 254 g/mol. The molecule has 1 saturated carbocycles. The fourth-order valence-corrected chi connectivity index (χ4v) is 2.52. The van der Waals surface area contributed by atoms with Crippen molar-refractivity contribution in [3.63, 3.8) is 0 Å². The van der Waals surface area contributed by atoms with Crippen LogP contribution in [0.2, 0.25) is 0 Å². The highest BCUT2D eigenvalue weighted by molar-refractivity contribution is 6.10. The predicted octanol–water partition coefficient (Wildman–Crippen LogP) is 2.54. The minimum atomic E-state index is -0.487. The molecule has 96 valence electrons. The summed E-state index contributed by atoms with van der Waals surface area (Å²) < 4.78 is 0. The molecule has 4 heteroatoms. The lowest BCUT2D eigenvalue weighted by atomic mass is 10.1. The van der Waals surface area contributed by atoms with Crippen molar-refractivity contribution in [1.29, 1.82) is 0 Å². The molecular formula is C15H14N2O2. The number of hydrogen-bond donors (Lipinski definition) is 1. The molecule has 1 aliphatic carbocycles. The third-order valence-electron chi connectivity index (χ3n) is 3.51. The Bertz CT molecular complexity index is 646. The van der Waals surface area contributed by atoms with Crippen molar-refractivity contribution in [2.24, 2.45) is 5.92 Å². The topological polar surface area (TPSA) is 59.1 Å². The summed E-state index contributed by atoms with van der Waals surface area (Å²) in [6.07, 6.45) is 3.68. The van der Waals surface area contributed by atoms with Crippen molar-refractivity contribution in [2.75, 3.05) is 5.32 Å². The third kappa shape index (κ3) is 2.21. The number of benzene rings is 1. The number of carbonyl (C=O) groups excluding carboxylic acids is 2. The van der Waals surface area contributed by atoms with Crippen LogP contribution in [0.15, 0.2) is 36.5 Å². The summed E-state index contributed by atoms with van der Waals surface area (Å²) in [6, 6.07) is 9.43. The van der Waals surface area contributed by atoms with Crippen LogP contribution >= 0.6 is 0 Å². The van der Waals surface area contributed by atoms with Crippen LogP contribution in [0.25, 0.3) is 10.9 Å². The Hall–Kier alpha value is -2.23. The van der Waals surface area contributed by atoms with Crippen LogP contribution in [-0.2, 0) is 9.59 Å². The maximum atomic E-state index is 12.1. The Kier molecular flexibility index (Phi) is 2.99. The molecule has 1 atom stereocenters. The van der Waals surface area contributed by atoms with Gasteiger partial charge in [0.05, 0.1) is 17.1 Å². The standard InChI is InChI=1S/C15H14N2O2/c18-13-8-2-6-11(13)15(19)17-12-7-1-4-10-5-3-9-16-14(10)12/h1,3-5,7,9,11H,2,6,8H2,(H,17,19). The van der Waals surface area contributed by atoms with Gasteiger partial charge in [-0.2, -0.15) is 0 Å². The predicted molar refractivity (Wildman–Crippen MR) is 72.7 cm³/mol. The zero-order valence-corrected chi connectivity index (χ0v) is 10.4. The van der Waals surface area contributed by atoms with Crippen molar-refractivity contribution in [2.45, 2.75) is 19.3 Å². The van der Waals surface area contributed by atoms with Crippen LogP contribution in [0.1, 0.15) is 19.3 Å². The Morgan fingerprint density at radius 3 is 2.89 bits per heavy atom. The van der Waals surface area contributed by atoms with Crippen LogP contribution in [-0.4, -0.2) is 16.7 Å². The van der Waals surface area contributed by atoms with E-state index >= 15 is 0 Å². The van der Waals surface area contributed by atoms with E-state index < -0.39 is 5.92 Å². The van der Waals surface area contributed by atoms with E-state index in [1.807, 2.05) is 30.3 Å². The molecule has 0 saturated heterocycles. The number of aromatic nitrogens is 1. The lowest BCUT2D eigenvalue weighted by molar-refractivity contribution is -0.129. The molecule has 3 rings (SSSR count). The number of anilines is 1. The Morgan fingerprint density at radius 2 is 2.11 bits per heavy atom. The first-order valence-corrected chi connectivity index (χ1v) is 6.43. The normalized spacial score (nSPS) is 18.7. The van der Waals surface area contributed by atoms with Gasteiger partial charge in [-0.3, -0.25) is 14.6 Å². The number of carbonyl (C=O) groups is 2. The average Bonchev–Trinajstić information content (AvgIpc) is 2.85. The van der Waals surface area contributed by atoms with Gasteiger partial charge in [-0.05, 0) is 25.0 Å². The summed E-state index contributed by atoms with van der Waals surface area (Å²) in [7, 11) is 0. The van der Waals surface area contributed by atoms with Gasteiger partial charge >= 0.3 is 0 Å². The highest BCUT2D eigenvalue weighted by Gasteiger charge is 2.31. The van der Waals surface area contributed by atoms with E-state index in [-0.39, 0.29) is 11.7 Å². The second kappa shape index (κ2) is 4.80. The maximum Gasteiger partial charge on any atom is 0.235 e. The number of fused-ring (bicyclic) bond motifs is 1. The van der Waals surface area contributed by atoms with E-state index in [4.69, 9.17) is 0 Å². The molecule has 2 aromatic rings. The van der Waals surface area contributed by atoms with E-state index in [1.54, 1.807) is 6.20 Å². The third-order valence-corrected chi connectivity index (χ3v) is 3.51. The number of para-hydroxylation sites is 1. The molecular weight excluding hydrogens is 240 g/mol. The highest BCUT2D eigenvalue weighted by Crippen LogP contribution is 2.25. The van der Waals surface area contributed by atoms with Crippen molar-refractivity contribution in [1.82, 2.24) is 4.98 Å². The summed E-state index contributed by atoms with van der Waals surface area (Å²) in [6.45, 7) is 0. The Balaban J connectivity index is 1.89. The van der Waals surface area contributed by atoms with Gasteiger partial charge in [0, 0.05) is 18.0 Å². The van der Waals surface area contributed by atoms with Crippen molar-refractivity contribution >= 4 is 28.3 Å². The molecule has 1 unspecified atom stereocenters. The number of hydrogen-bond acceptors (Lipinski definition) is 3. The molecule has 1 aliphatic rings. The fraction of sp³-hybridized carbons (Fsp3) is 0.267. The number of ketones is 1. The fourth-order valence-electron chi connectivity index (χ4n) is 2.52. The molecule has 19 heavy (non-hydrogen) atoms. The first kappa shape index (κ1) is 11.8. The molecule has 1 aromatic carbocycles. The Morgan fingerprint density at radius 1 is 1.26 bits per heavy atom. The molecule has 1 N–H and O–H groups in total. The molecule has 1 amide bonds. The molecule has 0 spiro atoms. The largest absolute Gasteiger partial charge is 0.324 e. The van der Waals surface area contributed by atoms with Crippen molar-refractivity contribution in [3.8, 4) is 0 Å². The van der Waals surface area contributed by atoms with Crippen molar-refractivity contribution < 1.29 is 9.59 Å². The summed E-state index contributed by atoms with van der Waals surface area (Å²) in [4.78, 5) is 28.0. The molecule has 0 radical (unpaired) electrons. The van der Waals surface area contributed by atoms with E-state index in [9.17, 15) is 9.59 Å². The first-order chi connectivity index (χ1) is 9.25. The minimum absolute atomic E-state index is 0.0469. The molecule has 4 nitrogen and oxygen atoms in total. The van der Waals surface area contributed by atoms with Gasteiger partial charge < -0.3 is 5.32 Å². The summed E-state index contributed by atoms with van der Waals surface area (Å²) in [5.41, 5.74) is 1.42. The SMILES string of the molecule is O=C1CCCC1C(=O)Nc1cccc2cccnc12. The van der Waals surface area contributed by atoms with Crippen molar-refractivity contribution in [3.05, 3.63) is 36.5 Å². The minimum Gasteiger partial charge on any atom is -0.324 e. The maximum absolute atomic E-state index is 12.1. The van der Waals surface area contributed by atoms with Gasteiger partial charge in [0.25, 0.3) is 0 Å². The van der Waals surface area contributed by atoms with E-state index in [0.717, 1.165) is 17.3 Å². The number of nitrogens with one attached hydrogen (secondary N) is 1. The van der Waals surface area contributed by atoms with Crippen LogP contribution in [0.4, 0.5) is 5.69 Å². The molecule has 0 bridgehead atoms.